The minimum absolute atomic E-state index is 0.0382. The monoisotopic (exact) mass is 228 g/mol. The van der Waals surface area contributed by atoms with Crippen LogP contribution in [0.25, 0.3) is 0 Å². The molecule has 5 nitrogen and oxygen atoms in total. The number of nitrogens with zero attached hydrogens (tertiary/aromatic N) is 1. The van der Waals surface area contributed by atoms with Gasteiger partial charge in [-0.2, -0.15) is 0 Å². The zero-order valence-corrected chi connectivity index (χ0v) is 9.78. The van der Waals surface area contributed by atoms with Crippen LogP contribution in [-0.2, 0) is 14.3 Å². The van der Waals surface area contributed by atoms with Gasteiger partial charge in [-0.1, -0.05) is 0 Å². The number of carbonyl (C=O) groups excluding carboxylic acids is 1. The molecule has 0 radical (unpaired) electrons. The summed E-state index contributed by atoms with van der Waals surface area (Å²) in [6.07, 6.45) is 0.522. The first kappa shape index (κ1) is 11.8. The van der Waals surface area contributed by atoms with E-state index in [9.17, 15) is 4.79 Å². The Morgan fingerprint density at radius 2 is 2.38 bits per heavy atom. The van der Waals surface area contributed by atoms with E-state index >= 15 is 0 Å². The van der Waals surface area contributed by atoms with Gasteiger partial charge in [0.1, 0.15) is 0 Å². The molecule has 2 atom stereocenters. The van der Waals surface area contributed by atoms with E-state index in [1.807, 2.05) is 11.8 Å². The highest BCUT2D eigenvalue weighted by Gasteiger charge is 2.26. The van der Waals surface area contributed by atoms with Crippen LogP contribution in [0.15, 0.2) is 0 Å². The van der Waals surface area contributed by atoms with Crippen LogP contribution in [0.1, 0.15) is 13.3 Å². The number of carbonyl (C=O) groups is 1. The molecule has 2 fully saturated rings. The van der Waals surface area contributed by atoms with Crippen LogP contribution >= 0.6 is 0 Å². The summed E-state index contributed by atoms with van der Waals surface area (Å²) in [7, 11) is 0. The molecule has 0 saturated carbocycles. The van der Waals surface area contributed by atoms with Crippen molar-refractivity contribution in [3.8, 4) is 0 Å². The topological polar surface area (TPSA) is 50.8 Å². The van der Waals surface area contributed by atoms with Crippen molar-refractivity contribution in [3.05, 3.63) is 0 Å². The maximum absolute atomic E-state index is 12.0. The molecular weight excluding hydrogens is 208 g/mol. The van der Waals surface area contributed by atoms with Crippen molar-refractivity contribution in [2.75, 3.05) is 39.5 Å². The Kier molecular flexibility index (Phi) is 4.15. The van der Waals surface area contributed by atoms with Crippen molar-refractivity contribution in [3.63, 3.8) is 0 Å². The molecule has 0 aromatic rings. The average molecular weight is 228 g/mol. The fourth-order valence-electron chi connectivity index (χ4n) is 2.16. The van der Waals surface area contributed by atoms with Crippen molar-refractivity contribution in [2.24, 2.45) is 0 Å². The SMILES string of the molecule is CC1COCCN1C(=O)CC1CNCCO1. The van der Waals surface area contributed by atoms with Gasteiger partial charge in [-0.05, 0) is 6.92 Å². The minimum atomic E-state index is 0.0382. The summed E-state index contributed by atoms with van der Waals surface area (Å²) in [5.41, 5.74) is 0. The van der Waals surface area contributed by atoms with Gasteiger partial charge in [0.2, 0.25) is 5.91 Å². The molecule has 2 heterocycles. The van der Waals surface area contributed by atoms with Gasteiger partial charge in [0.25, 0.3) is 0 Å². The first-order valence-electron chi connectivity index (χ1n) is 5.97. The Balaban J connectivity index is 1.81. The number of ether oxygens (including phenoxy) is 2. The lowest BCUT2D eigenvalue weighted by Crippen LogP contribution is -2.49. The lowest BCUT2D eigenvalue weighted by atomic mass is 10.1. The molecule has 2 unspecified atom stereocenters. The summed E-state index contributed by atoms with van der Waals surface area (Å²) in [5, 5.41) is 3.23. The smallest absolute Gasteiger partial charge is 0.225 e. The maximum atomic E-state index is 12.0. The quantitative estimate of drug-likeness (QED) is 0.699. The third kappa shape index (κ3) is 2.93. The molecular formula is C11H20N2O3. The second-order valence-corrected chi connectivity index (χ2v) is 4.41. The Bertz CT molecular complexity index is 241. The molecule has 1 amide bonds. The number of amides is 1. The molecule has 0 aliphatic carbocycles. The second-order valence-electron chi connectivity index (χ2n) is 4.41. The molecule has 1 N–H and O–H groups in total. The van der Waals surface area contributed by atoms with Crippen LogP contribution in [-0.4, -0.2) is 62.4 Å². The van der Waals surface area contributed by atoms with E-state index in [4.69, 9.17) is 9.47 Å². The lowest BCUT2D eigenvalue weighted by molar-refractivity contribution is -0.142. The summed E-state index contributed by atoms with van der Waals surface area (Å²) in [4.78, 5) is 13.9. The third-order valence-corrected chi connectivity index (χ3v) is 3.09. The highest BCUT2D eigenvalue weighted by molar-refractivity contribution is 5.77. The van der Waals surface area contributed by atoms with Gasteiger partial charge in [0, 0.05) is 19.6 Å². The normalized spacial score (nSPS) is 31.4. The molecule has 2 rings (SSSR count). The van der Waals surface area contributed by atoms with Gasteiger partial charge >= 0.3 is 0 Å². The summed E-state index contributed by atoms with van der Waals surface area (Å²) < 4.78 is 10.8. The van der Waals surface area contributed by atoms with Crippen molar-refractivity contribution in [2.45, 2.75) is 25.5 Å². The number of rotatable bonds is 2. The first-order valence-corrected chi connectivity index (χ1v) is 5.97. The summed E-state index contributed by atoms with van der Waals surface area (Å²) in [6, 6.07) is 0.192. The molecule has 0 bridgehead atoms. The molecule has 2 aliphatic rings. The third-order valence-electron chi connectivity index (χ3n) is 3.09. The van der Waals surface area contributed by atoms with Gasteiger partial charge in [-0.3, -0.25) is 4.79 Å². The number of nitrogens with one attached hydrogen (secondary N) is 1. The maximum Gasteiger partial charge on any atom is 0.225 e. The van der Waals surface area contributed by atoms with Crippen LogP contribution in [0, 0.1) is 0 Å². The molecule has 0 spiro atoms. The fourth-order valence-corrected chi connectivity index (χ4v) is 2.16. The Labute approximate surface area is 96.1 Å². The largest absolute Gasteiger partial charge is 0.377 e. The summed E-state index contributed by atoms with van der Waals surface area (Å²) in [5.74, 6) is 0.185. The van der Waals surface area contributed by atoms with Gasteiger partial charge in [0.05, 0.1) is 38.4 Å². The lowest BCUT2D eigenvalue weighted by Gasteiger charge is -2.34. The van der Waals surface area contributed by atoms with E-state index in [2.05, 4.69) is 5.32 Å². The number of hydrogen-bond donors (Lipinski definition) is 1. The van der Waals surface area contributed by atoms with Crippen LogP contribution in [0.3, 0.4) is 0 Å². The van der Waals surface area contributed by atoms with Gasteiger partial charge in [-0.25, -0.2) is 0 Å². The van der Waals surface area contributed by atoms with E-state index in [1.165, 1.54) is 0 Å². The Morgan fingerprint density at radius 3 is 3.06 bits per heavy atom. The zero-order chi connectivity index (χ0) is 11.4. The van der Waals surface area contributed by atoms with E-state index in [0.717, 1.165) is 13.1 Å². The molecule has 2 saturated heterocycles. The summed E-state index contributed by atoms with van der Waals surface area (Å²) >= 11 is 0. The summed E-state index contributed by atoms with van der Waals surface area (Å²) in [6.45, 7) is 6.41. The van der Waals surface area contributed by atoms with Crippen LogP contribution in [0.4, 0.5) is 0 Å². The molecule has 5 heteroatoms. The van der Waals surface area contributed by atoms with Crippen molar-refractivity contribution in [1.29, 1.82) is 0 Å². The van der Waals surface area contributed by atoms with Crippen molar-refractivity contribution in [1.82, 2.24) is 10.2 Å². The predicted octanol–water partition coefficient (Wildman–Crippen LogP) is -0.388. The van der Waals surface area contributed by atoms with E-state index < -0.39 is 0 Å². The molecule has 2 aliphatic heterocycles. The Hall–Kier alpha value is -0.650. The zero-order valence-electron chi connectivity index (χ0n) is 9.78. The van der Waals surface area contributed by atoms with Crippen molar-refractivity contribution < 1.29 is 14.3 Å². The van der Waals surface area contributed by atoms with Gasteiger partial charge < -0.3 is 19.7 Å². The molecule has 16 heavy (non-hydrogen) atoms. The van der Waals surface area contributed by atoms with Gasteiger partial charge in [0.15, 0.2) is 0 Å². The van der Waals surface area contributed by atoms with E-state index in [-0.39, 0.29) is 18.1 Å². The van der Waals surface area contributed by atoms with Crippen molar-refractivity contribution >= 4 is 5.91 Å². The Morgan fingerprint density at radius 1 is 1.50 bits per heavy atom. The highest BCUT2D eigenvalue weighted by Crippen LogP contribution is 2.11. The minimum Gasteiger partial charge on any atom is -0.377 e. The van der Waals surface area contributed by atoms with E-state index in [1.54, 1.807) is 0 Å². The van der Waals surface area contributed by atoms with Crippen LogP contribution in [0.5, 0.6) is 0 Å². The van der Waals surface area contributed by atoms with Crippen LogP contribution in [0.2, 0.25) is 0 Å². The average Bonchev–Trinajstić information content (AvgIpc) is 2.31. The number of morpholine rings is 2. The standard InChI is InChI=1S/C11H20N2O3/c1-9-8-15-5-3-13(9)11(14)6-10-7-12-2-4-16-10/h9-10,12H,2-8H2,1H3. The van der Waals surface area contributed by atoms with Gasteiger partial charge in [-0.15, -0.1) is 0 Å². The molecule has 92 valence electrons. The molecule has 0 aromatic heterocycles. The molecule has 0 aromatic carbocycles. The second kappa shape index (κ2) is 5.61. The predicted molar refractivity (Wildman–Crippen MR) is 59.2 cm³/mol. The highest BCUT2D eigenvalue weighted by atomic mass is 16.5. The first-order chi connectivity index (χ1) is 7.77. The van der Waals surface area contributed by atoms with E-state index in [0.29, 0.717) is 32.8 Å². The fraction of sp³-hybridized carbons (Fsp3) is 0.909. The van der Waals surface area contributed by atoms with Crippen LogP contribution < -0.4 is 5.32 Å². The number of hydrogen-bond acceptors (Lipinski definition) is 4.